The standard InChI is InChI=1S/C31H39ClN6O/c1-22-18-26(23-10-11-28(27(32)20-23)37(21-39)13-12-35(5)6)29(33)30(34-22)24-8-7-9-25(19-24)36-14-16-38(17-15-36)31(2,3)4/h7-13,18-21H,14-17,33H2,1-6H3/b13-12-. The average molecular weight is 547 g/mol. The molecule has 7 nitrogen and oxygen atoms in total. The number of amides is 1. The Morgan fingerprint density at radius 2 is 1.69 bits per heavy atom. The van der Waals surface area contributed by atoms with Crippen molar-refractivity contribution < 1.29 is 4.79 Å². The molecule has 1 aliphatic rings. The summed E-state index contributed by atoms with van der Waals surface area (Å²) >= 11 is 6.65. The maximum Gasteiger partial charge on any atom is 0.218 e. The number of halogens is 1. The Bertz CT molecular complexity index is 1360. The lowest BCUT2D eigenvalue weighted by Crippen LogP contribution is -2.53. The summed E-state index contributed by atoms with van der Waals surface area (Å²) in [7, 11) is 3.78. The van der Waals surface area contributed by atoms with Gasteiger partial charge in [0.2, 0.25) is 6.41 Å². The van der Waals surface area contributed by atoms with Crippen molar-refractivity contribution in [1.82, 2.24) is 14.8 Å². The van der Waals surface area contributed by atoms with Gasteiger partial charge in [0.05, 0.1) is 22.1 Å². The molecule has 1 fully saturated rings. The Hall–Kier alpha value is -3.55. The molecule has 39 heavy (non-hydrogen) atoms. The molecular weight excluding hydrogens is 508 g/mol. The summed E-state index contributed by atoms with van der Waals surface area (Å²) in [5.74, 6) is 0. The first kappa shape index (κ1) is 28.5. The Morgan fingerprint density at radius 1 is 0.974 bits per heavy atom. The number of aromatic nitrogens is 1. The number of pyridine rings is 1. The van der Waals surface area contributed by atoms with Crippen molar-refractivity contribution in [3.05, 3.63) is 71.6 Å². The van der Waals surface area contributed by atoms with E-state index in [1.807, 2.05) is 50.2 Å². The molecular formula is C31H39ClN6O. The van der Waals surface area contributed by atoms with Crippen LogP contribution < -0.4 is 15.5 Å². The molecule has 0 unspecified atom stereocenters. The molecule has 1 saturated heterocycles. The van der Waals surface area contributed by atoms with Gasteiger partial charge in [-0.2, -0.15) is 0 Å². The maximum atomic E-state index is 11.7. The first-order chi connectivity index (χ1) is 18.5. The van der Waals surface area contributed by atoms with Crippen LogP contribution in [0.15, 0.2) is 60.9 Å². The SMILES string of the molecule is Cc1cc(-c2ccc(N(C=O)/C=C\N(C)C)c(Cl)c2)c(N)c(-c2cccc(N3CCN(C(C)(C)C)CC3)c2)n1. The molecule has 0 saturated carbocycles. The molecule has 4 rings (SSSR count). The van der Waals surface area contributed by atoms with Gasteiger partial charge in [-0.1, -0.05) is 29.8 Å². The van der Waals surface area contributed by atoms with Gasteiger partial charge in [-0.05, 0) is 63.6 Å². The number of piperazine rings is 1. The molecule has 3 aromatic rings. The molecule has 0 bridgehead atoms. The summed E-state index contributed by atoms with van der Waals surface area (Å²) in [6.45, 7) is 12.8. The molecule has 2 N–H and O–H groups in total. The summed E-state index contributed by atoms with van der Waals surface area (Å²) in [6.07, 6.45) is 4.19. The van der Waals surface area contributed by atoms with Gasteiger partial charge in [0.1, 0.15) is 0 Å². The number of hydrogen-bond donors (Lipinski definition) is 1. The van der Waals surface area contributed by atoms with Gasteiger partial charge in [0.25, 0.3) is 0 Å². The normalized spacial score (nSPS) is 14.6. The van der Waals surface area contributed by atoms with Crippen molar-refractivity contribution in [3.8, 4) is 22.4 Å². The van der Waals surface area contributed by atoms with Crippen molar-refractivity contribution in [2.75, 3.05) is 55.8 Å². The number of anilines is 3. The third-order valence-corrected chi connectivity index (χ3v) is 7.38. The minimum absolute atomic E-state index is 0.180. The van der Waals surface area contributed by atoms with Crippen LogP contribution in [0, 0.1) is 6.92 Å². The van der Waals surface area contributed by atoms with Gasteiger partial charge in [0.15, 0.2) is 0 Å². The van der Waals surface area contributed by atoms with Crippen LogP contribution in [0.4, 0.5) is 17.1 Å². The number of aryl methyl sites for hydroxylation is 1. The highest BCUT2D eigenvalue weighted by molar-refractivity contribution is 6.34. The lowest BCUT2D eigenvalue weighted by Gasteiger charge is -2.43. The van der Waals surface area contributed by atoms with Crippen LogP contribution in [-0.2, 0) is 4.79 Å². The quantitative estimate of drug-likeness (QED) is 0.373. The highest BCUT2D eigenvalue weighted by Gasteiger charge is 2.26. The molecule has 206 valence electrons. The molecule has 1 amide bonds. The third kappa shape index (κ3) is 6.54. The number of nitrogen functional groups attached to an aromatic ring is 1. The summed E-state index contributed by atoms with van der Waals surface area (Å²) in [5.41, 5.74) is 13.6. The van der Waals surface area contributed by atoms with Crippen molar-refractivity contribution in [1.29, 1.82) is 0 Å². The summed E-state index contributed by atoms with van der Waals surface area (Å²) in [5, 5.41) is 0.454. The zero-order chi connectivity index (χ0) is 28.3. The lowest BCUT2D eigenvalue weighted by atomic mass is 9.98. The molecule has 1 aliphatic heterocycles. The van der Waals surface area contributed by atoms with E-state index in [0.29, 0.717) is 16.4 Å². The number of rotatable bonds is 7. The number of carbonyl (C=O) groups is 1. The zero-order valence-electron chi connectivity index (χ0n) is 23.8. The Labute approximate surface area is 237 Å². The van der Waals surface area contributed by atoms with E-state index in [9.17, 15) is 4.79 Å². The molecule has 0 radical (unpaired) electrons. The predicted octanol–water partition coefficient (Wildman–Crippen LogP) is 5.88. The highest BCUT2D eigenvalue weighted by atomic mass is 35.5. The second kappa shape index (κ2) is 11.7. The van der Waals surface area contributed by atoms with Crippen molar-refractivity contribution >= 4 is 35.1 Å². The van der Waals surface area contributed by atoms with Crippen LogP contribution in [0.5, 0.6) is 0 Å². The van der Waals surface area contributed by atoms with Gasteiger partial charge in [-0.15, -0.1) is 0 Å². The van der Waals surface area contributed by atoms with Crippen LogP contribution in [-0.4, -0.2) is 67.0 Å². The first-order valence-corrected chi connectivity index (χ1v) is 13.6. The van der Waals surface area contributed by atoms with E-state index in [1.54, 1.807) is 12.4 Å². The van der Waals surface area contributed by atoms with Crippen molar-refractivity contribution in [3.63, 3.8) is 0 Å². The van der Waals surface area contributed by atoms with Crippen molar-refractivity contribution in [2.45, 2.75) is 33.2 Å². The van der Waals surface area contributed by atoms with Gasteiger partial charge in [-0.25, -0.2) is 0 Å². The van der Waals surface area contributed by atoms with Gasteiger partial charge < -0.3 is 15.5 Å². The van der Waals surface area contributed by atoms with E-state index in [1.165, 1.54) is 10.6 Å². The van der Waals surface area contributed by atoms with E-state index in [-0.39, 0.29) is 5.54 Å². The molecule has 2 heterocycles. The maximum absolute atomic E-state index is 11.7. The minimum atomic E-state index is 0.180. The van der Waals surface area contributed by atoms with Crippen LogP contribution in [0.3, 0.4) is 0 Å². The summed E-state index contributed by atoms with van der Waals surface area (Å²) < 4.78 is 0. The fourth-order valence-electron chi connectivity index (χ4n) is 4.89. The fraction of sp³-hybridized carbons (Fsp3) is 0.355. The van der Waals surface area contributed by atoms with E-state index < -0.39 is 0 Å². The highest BCUT2D eigenvalue weighted by Crippen LogP contribution is 2.38. The monoisotopic (exact) mass is 546 g/mol. The first-order valence-electron chi connectivity index (χ1n) is 13.2. The smallest absolute Gasteiger partial charge is 0.218 e. The molecule has 8 heteroatoms. The number of nitrogens with two attached hydrogens (primary N) is 1. The van der Waals surface area contributed by atoms with Gasteiger partial charge >= 0.3 is 0 Å². The number of hydrogen-bond acceptors (Lipinski definition) is 6. The zero-order valence-corrected chi connectivity index (χ0v) is 24.5. The number of carbonyl (C=O) groups excluding carboxylic acids is 1. The van der Waals surface area contributed by atoms with E-state index in [2.05, 4.69) is 54.8 Å². The second-order valence-electron chi connectivity index (χ2n) is 11.2. The lowest BCUT2D eigenvalue weighted by molar-refractivity contribution is -0.106. The largest absolute Gasteiger partial charge is 0.396 e. The van der Waals surface area contributed by atoms with Crippen LogP contribution >= 0.6 is 11.6 Å². The van der Waals surface area contributed by atoms with E-state index in [4.69, 9.17) is 22.3 Å². The molecule has 2 aromatic carbocycles. The van der Waals surface area contributed by atoms with Crippen LogP contribution in [0.2, 0.25) is 5.02 Å². The number of nitrogens with zero attached hydrogens (tertiary/aromatic N) is 5. The van der Waals surface area contributed by atoms with Crippen LogP contribution in [0.25, 0.3) is 22.4 Å². The summed E-state index contributed by atoms with van der Waals surface area (Å²) in [4.78, 5) is 24.8. The van der Waals surface area contributed by atoms with Gasteiger partial charge in [0, 0.05) is 80.7 Å². The van der Waals surface area contributed by atoms with Crippen LogP contribution in [0.1, 0.15) is 26.5 Å². The predicted molar refractivity (Wildman–Crippen MR) is 164 cm³/mol. The van der Waals surface area contributed by atoms with Crippen molar-refractivity contribution in [2.24, 2.45) is 0 Å². The van der Waals surface area contributed by atoms with E-state index >= 15 is 0 Å². The Balaban J connectivity index is 1.64. The Morgan fingerprint density at radius 3 is 2.31 bits per heavy atom. The molecule has 0 spiro atoms. The molecule has 0 aliphatic carbocycles. The van der Waals surface area contributed by atoms with E-state index in [0.717, 1.165) is 60.7 Å². The minimum Gasteiger partial charge on any atom is -0.396 e. The Kier molecular flexibility index (Phi) is 8.52. The topological polar surface area (TPSA) is 68.9 Å². The van der Waals surface area contributed by atoms with Gasteiger partial charge in [-0.3, -0.25) is 19.6 Å². The summed E-state index contributed by atoms with van der Waals surface area (Å²) in [6, 6.07) is 16.1. The average Bonchev–Trinajstić information content (AvgIpc) is 2.90. The molecule has 0 atom stereocenters. The number of benzene rings is 2. The third-order valence-electron chi connectivity index (χ3n) is 7.08. The molecule has 1 aromatic heterocycles. The second-order valence-corrected chi connectivity index (χ2v) is 11.6. The fourth-order valence-corrected chi connectivity index (χ4v) is 5.17.